The zero-order chi connectivity index (χ0) is 17.7. The topological polar surface area (TPSA) is 75.4 Å². The van der Waals surface area contributed by atoms with Gasteiger partial charge in [0.05, 0.1) is 12.7 Å². The van der Waals surface area contributed by atoms with Crippen LogP contribution in [-0.4, -0.2) is 35.3 Å². The lowest BCUT2D eigenvalue weighted by Gasteiger charge is -2.16. The molecule has 126 valence electrons. The normalized spacial score (nSPS) is 11.6. The molecule has 2 amide bonds. The lowest BCUT2D eigenvalue weighted by molar-refractivity contribution is -0.131. The van der Waals surface area contributed by atoms with Crippen LogP contribution < -0.4 is 5.32 Å². The van der Waals surface area contributed by atoms with Crippen LogP contribution in [0.15, 0.2) is 47.5 Å². The van der Waals surface area contributed by atoms with E-state index in [0.717, 1.165) is 6.08 Å². The van der Waals surface area contributed by atoms with Crippen molar-refractivity contribution in [1.29, 1.82) is 0 Å². The van der Waals surface area contributed by atoms with Crippen molar-refractivity contribution < 1.29 is 18.4 Å². The quantitative estimate of drug-likeness (QED) is 0.824. The number of amides is 2. The van der Waals surface area contributed by atoms with E-state index in [0.29, 0.717) is 17.2 Å². The molecule has 1 aromatic heterocycles. The molecule has 0 saturated carbocycles. The van der Waals surface area contributed by atoms with Crippen molar-refractivity contribution in [1.82, 2.24) is 15.2 Å². The number of nitrogens with one attached hydrogen (secondary N) is 1. The maximum atomic E-state index is 12.9. The molecule has 0 radical (unpaired) electrons. The molecule has 1 N–H and O–H groups in total. The monoisotopic (exact) mass is 331 g/mol. The third-order valence-corrected chi connectivity index (χ3v) is 3.33. The Morgan fingerprint density at radius 3 is 2.71 bits per heavy atom. The Bertz CT molecular complexity index is 740. The van der Waals surface area contributed by atoms with Gasteiger partial charge >= 0.3 is 0 Å². The van der Waals surface area contributed by atoms with E-state index in [1.54, 1.807) is 19.1 Å². The zero-order valence-electron chi connectivity index (χ0n) is 13.5. The number of aromatic nitrogens is 1. The highest BCUT2D eigenvalue weighted by Gasteiger charge is 2.17. The van der Waals surface area contributed by atoms with Gasteiger partial charge < -0.3 is 14.6 Å². The second-order valence-corrected chi connectivity index (χ2v) is 5.26. The summed E-state index contributed by atoms with van der Waals surface area (Å²) in [5.41, 5.74) is 0.685. The molecule has 1 atom stereocenters. The zero-order valence-corrected chi connectivity index (χ0v) is 13.5. The Morgan fingerprint density at radius 2 is 2.08 bits per heavy atom. The van der Waals surface area contributed by atoms with Crippen molar-refractivity contribution in [2.75, 3.05) is 13.6 Å². The predicted octanol–water partition coefficient (Wildman–Crippen LogP) is 2.30. The summed E-state index contributed by atoms with van der Waals surface area (Å²) in [4.78, 5) is 28.7. The average molecular weight is 331 g/mol. The van der Waals surface area contributed by atoms with Gasteiger partial charge in [0.2, 0.25) is 17.7 Å². The van der Waals surface area contributed by atoms with Crippen LogP contribution in [0.3, 0.4) is 0 Å². The van der Waals surface area contributed by atoms with Gasteiger partial charge in [-0.15, -0.1) is 0 Å². The molecule has 1 heterocycles. The maximum Gasteiger partial charge on any atom is 0.246 e. The first kappa shape index (κ1) is 17.4. The van der Waals surface area contributed by atoms with E-state index in [1.165, 1.54) is 30.3 Å². The largest absolute Gasteiger partial charge is 0.438 e. The summed E-state index contributed by atoms with van der Waals surface area (Å²) in [6, 6.07) is 5.35. The van der Waals surface area contributed by atoms with Crippen LogP contribution in [0.2, 0.25) is 0 Å². The number of oxazole rings is 1. The van der Waals surface area contributed by atoms with Crippen molar-refractivity contribution in [2.24, 2.45) is 0 Å². The SMILES string of the molecule is C=CC(=O)N(C)CC(=O)NC(C)c1ncc(-c2ccc(F)cc2)o1. The first-order valence-electron chi connectivity index (χ1n) is 7.29. The number of likely N-dealkylation sites (N-methyl/N-ethyl adjacent to an activating group) is 1. The van der Waals surface area contributed by atoms with Gasteiger partial charge in [-0.2, -0.15) is 0 Å². The minimum absolute atomic E-state index is 0.0965. The molecular formula is C17H18FN3O3. The number of benzene rings is 1. The molecule has 0 aliphatic heterocycles. The molecule has 0 aliphatic carbocycles. The average Bonchev–Trinajstić information content (AvgIpc) is 3.04. The van der Waals surface area contributed by atoms with Crippen molar-refractivity contribution in [3.63, 3.8) is 0 Å². The summed E-state index contributed by atoms with van der Waals surface area (Å²) in [6.07, 6.45) is 2.65. The Morgan fingerprint density at radius 1 is 1.42 bits per heavy atom. The smallest absolute Gasteiger partial charge is 0.246 e. The summed E-state index contributed by atoms with van der Waals surface area (Å²) >= 11 is 0. The number of rotatable bonds is 6. The van der Waals surface area contributed by atoms with Crippen LogP contribution in [0.4, 0.5) is 4.39 Å². The number of carbonyl (C=O) groups excluding carboxylic acids is 2. The fourth-order valence-electron chi connectivity index (χ4n) is 2.03. The first-order chi connectivity index (χ1) is 11.4. The molecule has 0 bridgehead atoms. The van der Waals surface area contributed by atoms with E-state index in [9.17, 15) is 14.0 Å². The molecule has 0 aliphatic rings. The van der Waals surface area contributed by atoms with E-state index < -0.39 is 6.04 Å². The van der Waals surface area contributed by atoms with E-state index in [2.05, 4.69) is 16.9 Å². The molecule has 0 fully saturated rings. The van der Waals surface area contributed by atoms with Crippen molar-refractivity contribution in [3.8, 4) is 11.3 Å². The van der Waals surface area contributed by atoms with Crippen molar-refractivity contribution in [2.45, 2.75) is 13.0 Å². The molecular weight excluding hydrogens is 313 g/mol. The summed E-state index contributed by atoms with van der Waals surface area (Å²) in [5.74, 6) is -0.225. The number of halogens is 1. The van der Waals surface area contributed by atoms with Gasteiger partial charge in [0.15, 0.2) is 5.76 Å². The number of hydrogen-bond donors (Lipinski definition) is 1. The van der Waals surface area contributed by atoms with Gasteiger partial charge in [0, 0.05) is 12.6 Å². The van der Waals surface area contributed by atoms with Gasteiger partial charge in [-0.25, -0.2) is 9.37 Å². The number of nitrogens with zero attached hydrogens (tertiary/aromatic N) is 2. The van der Waals surface area contributed by atoms with E-state index in [1.807, 2.05) is 0 Å². The number of carbonyl (C=O) groups is 2. The van der Waals surface area contributed by atoms with Gasteiger partial charge in [-0.05, 0) is 37.3 Å². The molecule has 0 saturated heterocycles. The predicted molar refractivity (Wildman–Crippen MR) is 86.3 cm³/mol. The van der Waals surface area contributed by atoms with E-state index in [4.69, 9.17) is 4.42 Å². The Labute approximate surface area is 139 Å². The highest BCUT2D eigenvalue weighted by Crippen LogP contribution is 2.23. The summed E-state index contributed by atoms with van der Waals surface area (Å²) in [5, 5.41) is 2.70. The second-order valence-electron chi connectivity index (χ2n) is 5.26. The van der Waals surface area contributed by atoms with Crippen molar-refractivity contribution in [3.05, 3.63) is 54.8 Å². The molecule has 1 unspecified atom stereocenters. The molecule has 6 nitrogen and oxygen atoms in total. The lowest BCUT2D eigenvalue weighted by Crippen LogP contribution is -2.38. The summed E-state index contributed by atoms with van der Waals surface area (Å²) in [6.45, 7) is 4.98. The number of hydrogen-bond acceptors (Lipinski definition) is 4. The highest BCUT2D eigenvalue weighted by atomic mass is 19.1. The Balaban J connectivity index is 1.99. The second kappa shape index (κ2) is 7.54. The molecule has 7 heteroatoms. The summed E-state index contributed by atoms with van der Waals surface area (Å²) < 4.78 is 18.5. The fourth-order valence-corrected chi connectivity index (χ4v) is 2.03. The van der Waals surface area contributed by atoms with Crippen LogP contribution in [0.5, 0.6) is 0 Å². The Hall–Kier alpha value is -2.96. The van der Waals surface area contributed by atoms with Crippen molar-refractivity contribution >= 4 is 11.8 Å². The van der Waals surface area contributed by atoms with Crippen LogP contribution >= 0.6 is 0 Å². The van der Waals surface area contributed by atoms with Gasteiger partial charge in [0.1, 0.15) is 11.9 Å². The molecule has 0 spiro atoms. The van der Waals surface area contributed by atoms with E-state index >= 15 is 0 Å². The molecule has 2 rings (SSSR count). The highest BCUT2D eigenvalue weighted by molar-refractivity contribution is 5.90. The minimum Gasteiger partial charge on any atom is -0.438 e. The first-order valence-corrected chi connectivity index (χ1v) is 7.29. The lowest BCUT2D eigenvalue weighted by atomic mass is 10.2. The van der Waals surface area contributed by atoms with Crippen LogP contribution in [0.1, 0.15) is 18.9 Å². The van der Waals surface area contributed by atoms with Crippen LogP contribution in [-0.2, 0) is 9.59 Å². The van der Waals surface area contributed by atoms with Crippen LogP contribution in [0.25, 0.3) is 11.3 Å². The third-order valence-electron chi connectivity index (χ3n) is 3.33. The van der Waals surface area contributed by atoms with Gasteiger partial charge in [-0.3, -0.25) is 9.59 Å². The molecule has 2 aromatic rings. The molecule has 1 aromatic carbocycles. The standard InChI is InChI=1S/C17H18FN3O3/c1-4-16(23)21(3)10-15(22)20-11(2)17-19-9-14(24-17)12-5-7-13(18)8-6-12/h4-9,11H,1,10H2,2-3H3,(H,20,22). The van der Waals surface area contributed by atoms with Gasteiger partial charge in [-0.1, -0.05) is 6.58 Å². The van der Waals surface area contributed by atoms with E-state index in [-0.39, 0.29) is 24.2 Å². The van der Waals surface area contributed by atoms with Crippen LogP contribution in [0, 0.1) is 5.82 Å². The molecule has 24 heavy (non-hydrogen) atoms. The maximum absolute atomic E-state index is 12.9. The third kappa shape index (κ3) is 4.28. The minimum atomic E-state index is -0.473. The Kier molecular flexibility index (Phi) is 5.47. The summed E-state index contributed by atoms with van der Waals surface area (Å²) in [7, 11) is 1.51. The fraction of sp³-hybridized carbons (Fsp3) is 0.235. The van der Waals surface area contributed by atoms with Gasteiger partial charge in [0.25, 0.3) is 0 Å².